The van der Waals surface area contributed by atoms with Crippen LogP contribution < -0.4 is 4.74 Å². The number of benzene rings is 1. The van der Waals surface area contributed by atoms with E-state index in [1.807, 2.05) is 12.1 Å². The van der Waals surface area contributed by atoms with Gasteiger partial charge in [0.2, 0.25) is 0 Å². The predicted molar refractivity (Wildman–Crippen MR) is 64.7 cm³/mol. The topological polar surface area (TPSA) is 29.5 Å². The number of hydrogen-bond acceptors (Lipinski definition) is 2. The van der Waals surface area contributed by atoms with E-state index in [4.69, 9.17) is 4.74 Å². The van der Waals surface area contributed by atoms with Crippen LogP contribution in [0.1, 0.15) is 38.2 Å². The van der Waals surface area contributed by atoms with Crippen molar-refractivity contribution >= 4 is 0 Å². The van der Waals surface area contributed by atoms with Gasteiger partial charge in [-0.3, -0.25) is 0 Å². The van der Waals surface area contributed by atoms with Crippen LogP contribution in [0.4, 0.5) is 0 Å². The van der Waals surface area contributed by atoms with E-state index in [1.165, 1.54) is 5.56 Å². The van der Waals surface area contributed by atoms with Gasteiger partial charge in [-0.2, -0.15) is 0 Å². The van der Waals surface area contributed by atoms with Crippen molar-refractivity contribution in [2.45, 2.75) is 44.6 Å². The van der Waals surface area contributed by atoms with Gasteiger partial charge in [0, 0.05) is 0 Å². The van der Waals surface area contributed by atoms with Gasteiger partial charge in [0.1, 0.15) is 12.4 Å². The van der Waals surface area contributed by atoms with Gasteiger partial charge in [-0.15, -0.1) is 0 Å². The van der Waals surface area contributed by atoms with Crippen LogP contribution in [0.3, 0.4) is 0 Å². The lowest BCUT2D eigenvalue weighted by Gasteiger charge is -2.22. The summed E-state index contributed by atoms with van der Waals surface area (Å²) < 4.78 is 5.64. The summed E-state index contributed by atoms with van der Waals surface area (Å²) in [5.74, 6) is 0.859. The maximum atomic E-state index is 10.1. The van der Waals surface area contributed by atoms with Gasteiger partial charge in [-0.1, -0.05) is 31.9 Å². The summed E-state index contributed by atoms with van der Waals surface area (Å²) in [5, 5.41) is 10.1. The Balaban J connectivity index is 1.89. The zero-order chi connectivity index (χ0) is 11.4. The standard InChI is InChI=1S/C14H20O2/c1-2-12-5-7-13(8-6-12)16-11-14(15)9-3-4-10-14/h5-8,15H,2-4,9-11H2,1H3. The lowest BCUT2D eigenvalue weighted by Crippen LogP contribution is -2.32. The molecule has 1 aliphatic carbocycles. The van der Waals surface area contributed by atoms with E-state index in [-0.39, 0.29) is 0 Å². The number of ether oxygens (including phenoxy) is 1. The average molecular weight is 220 g/mol. The van der Waals surface area contributed by atoms with Gasteiger partial charge < -0.3 is 9.84 Å². The van der Waals surface area contributed by atoms with Crippen LogP contribution in [0.15, 0.2) is 24.3 Å². The van der Waals surface area contributed by atoms with Crippen LogP contribution in [0, 0.1) is 0 Å². The second-order valence-electron chi connectivity index (χ2n) is 4.72. The Bertz CT molecular complexity index is 323. The summed E-state index contributed by atoms with van der Waals surface area (Å²) in [6, 6.07) is 8.12. The molecule has 0 bridgehead atoms. The Labute approximate surface area is 97.3 Å². The Morgan fingerprint density at radius 2 is 1.81 bits per heavy atom. The fourth-order valence-corrected chi connectivity index (χ4v) is 2.22. The molecule has 1 N–H and O–H groups in total. The molecular weight excluding hydrogens is 200 g/mol. The van der Waals surface area contributed by atoms with E-state index in [9.17, 15) is 5.11 Å². The summed E-state index contributed by atoms with van der Waals surface area (Å²) in [4.78, 5) is 0. The minimum atomic E-state index is -0.580. The van der Waals surface area contributed by atoms with Gasteiger partial charge in [-0.25, -0.2) is 0 Å². The SMILES string of the molecule is CCc1ccc(OCC2(O)CCCC2)cc1. The normalized spacial score (nSPS) is 18.6. The minimum absolute atomic E-state index is 0.429. The van der Waals surface area contributed by atoms with Gasteiger partial charge in [0.25, 0.3) is 0 Å². The first kappa shape index (κ1) is 11.5. The van der Waals surface area contributed by atoms with Crippen LogP contribution in [-0.2, 0) is 6.42 Å². The van der Waals surface area contributed by atoms with Gasteiger partial charge in [-0.05, 0) is 37.0 Å². The fourth-order valence-electron chi connectivity index (χ4n) is 2.22. The highest BCUT2D eigenvalue weighted by atomic mass is 16.5. The van der Waals surface area contributed by atoms with Crippen LogP contribution in [0.2, 0.25) is 0 Å². The lowest BCUT2D eigenvalue weighted by atomic mass is 10.0. The molecule has 1 aromatic rings. The molecule has 0 radical (unpaired) electrons. The molecule has 0 aliphatic heterocycles. The second kappa shape index (κ2) is 4.88. The van der Waals surface area contributed by atoms with Crippen molar-refractivity contribution in [2.75, 3.05) is 6.61 Å². The highest BCUT2D eigenvalue weighted by Gasteiger charge is 2.31. The molecule has 1 aromatic carbocycles. The number of aliphatic hydroxyl groups is 1. The Morgan fingerprint density at radius 3 is 2.38 bits per heavy atom. The molecule has 1 aliphatic rings. The second-order valence-corrected chi connectivity index (χ2v) is 4.72. The van der Waals surface area contributed by atoms with Crippen molar-refractivity contribution in [1.82, 2.24) is 0 Å². The molecule has 0 unspecified atom stereocenters. The van der Waals surface area contributed by atoms with Crippen molar-refractivity contribution in [3.8, 4) is 5.75 Å². The zero-order valence-electron chi connectivity index (χ0n) is 9.91. The van der Waals surface area contributed by atoms with Crippen molar-refractivity contribution in [1.29, 1.82) is 0 Å². The van der Waals surface area contributed by atoms with Crippen LogP contribution in [-0.4, -0.2) is 17.3 Å². The van der Waals surface area contributed by atoms with E-state index in [2.05, 4.69) is 19.1 Å². The summed E-state index contributed by atoms with van der Waals surface area (Å²) in [5.41, 5.74) is 0.732. The predicted octanol–water partition coefficient (Wildman–Crippen LogP) is 2.93. The fraction of sp³-hybridized carbons (Fsp3) is 0.571. The largest absolute Gasteiger partial charge is 0.491 e. The first-order valence-corrected chi connectivity index (χ1v) is 6.16. The molecule has 0 spiro atoms. The summed E-state index contributed by atoms with van der Waals surface area (Å²) in [7, 11) is 0. The molecule has 0 atom stereocenters. The van der Waals surface area contributed by atoms with E-state index < -0.39 is 5.60 Å². The first-order valence-electron chi connectivity index (χ1n) is 6.16. The van der Waals surface area contributed by atoms with Crippen molar-refractivity contribution in [3.05, 3.63) is 29.8 Å². The van der Waals surface area contributed by atoms with Crippen molar-refractivity contribution in [3.63, 3.8) is 0 Å². The maximum absolute atomic E-state index is 10.1. The molecule has 1 saturated carbocycles. The third-order valence-electron chi connectivity index (χ3n) is 3.37. The van der Waals surface area contributed by atoms with Gasteiger partial charge in [0.05, 0.1) is 5.60 Å². The molecular formula is C14H20O2. The highest BCUT2D eigenvalue weighted by Crippen LogP contribution is 2.30. The molecule has 0 amide bonds. The quantitative estimate of drug-likeness (QED) is 0.845. The smallest absolute Gasteiger partial charge is 0.119 e. The Morgan fingerprint density at radius 1 is 1.19 bits per heavy atom. The lowest BCUT2D eigenvalue weighted by molar-refractivity contribution is 0.00141. The summed E-state index contributed by atoms with van der Waals surface area (Å²) >= 11 is 0. The Kier molecular flexibility index (Phi) is 3.49. The maximum Gasteiger partial charge on any atom is 0.119 e. The molecule has 2 rings (SSSR count). The summed E-state index contributed by atoms with van der Waals surface area (Å²) in [6.07, 6.45) is 5.04. The third-order valence-corrected chi connectivity index (χ3v) is 3.37. The molecule has 2 nitrogen and oxygen atoms in total. The molecule has 0 saturated heterocycles. The van der Waals surface area contributed by atoms with Crippen molar-refractivity contribution < 1.29 is 9.84 Å². The molecule has 2 heteroatoms. The molecule has 0 heterocycles. The average Bonchev–Trinajstić information content (AvgIpc) is 2.75. The highest BCUT2D eigenvalue weighted by molar-refractivity contribution is 5.27. The number of aryl methyl sites for hydroxylation is 1. The Hall–Kier alpha value is -1.02. The molecule has 0 aromatic heterocycles. The van der Waals surface area contributed by atoms with Crippen LogP contribution in [0.25, 0.3) is 0 Å². The first-order chi connectivity index (χ1) is 7.72. The third kappa shape index (κ3) is 2.76. The van der Waals surface area contributed by atoms with Crippen molar-refractivity contribution in [2.24, 2.45) is 0 Å². The minimum Gasteiger partial charge on any atom is -0.491 e. The summed E-state index contributed by atoms with van der Waals surface area (Å²) in [6.45, 7) is 2.57. The van der Waals surface area contributed by atoms with Gasteiger partial charge in [0.15, 0.2) is 0 Å². The van der Waals surface area contributed by atoms with Gasteiger partial charge >= 0.3 is 0 Å². The molecule has 16 heavy (non-hydrogen) atoms. The zero-order valence-corrected chi connectivity index (χ0v) is 9.91. The van der Waals surface area contributed by atoms with Crippen LogP contribution in [0.5, 0.6) is 5.75 Å². The van der Waals surface area contributed by atoms with E-state index in [0.29, 0.717) is 6.61 Å². The van der Waals surface area contributed by atoms with E-state index in [1.54, 1.807) is 0 Å². The van der Waals surface area contributed by atoms with E-state index >= 15 is 0 Å². The van der Waals surface area contributed by atoms with Crippen LogP contribution >= 0.6 is 0 Å². The number of hydrogen-bond donors (Lipinski definition) is 1. The monoisotopic (exact) mass is 220 g/mol. The van der Waals surface area contributed by atoms with E-state index in [0.717, 1.165) is 37.9 Å². The molecule has 1 fully saturated rings. The number of rotatable bonds is 4. The molecule has 88 valence electrons.